The second-order valence-corrected chi connectivity index (χ2v) is 5.42. The van der Waals surface area contributed by atoms with Crippen molar-refractivity contribution in [3.63, 3.8) is 0 Å². The van der Waals surface area contributed by atoms with Gasteiger partial charge in [0.05, 0.1) is 0 Å². The van der Waals surface area contributed by atoms with Gasteiger partial charge in [0, 0.05) is 5.57 Å². The van der Waals surface area contributed by atoms with Crippen LogP contribution in [0.5, 0.6) is 0 Å². The lowest BCUT2D eigenvalue weighted by molar-refractivity contribution is -0.132. The van der Waals surface area contributed by atoms with Crippen LogP contribution in [0.3, 0.4) is 0 Å². The summed E-state index contributed by atoms with van der Waals surface area (Å²) in [6.07, 6.45) is 2.74. The molecule has 0 amide bonds. The molecule has 11 heavy (non-hydrogen) atoms. The van der Waals surface area contributed by atoms with E-state index in [0.717, 1.165) is 12.6 Å². The Hall–Kier alpha value is -0.360. The molecule has 0 atom stereocenters. The molecule has 0 rings (SSSR count). The Bertz CT molecular complexity index is 152. The van der Waals surface area contributed by atoms with Crippen molar-refractivity contribution in [2.45, 2.75) is 12.8 Å². The predicted octanol–water partition coefficient (Wildman–Crippen LogP) is 2.15. The molecule has 0 saturated carbocycles. The summed E-state index contributed by atoms with van der Waals surface area (Å²) in [5.74, 6) is -0.860. The fourth-order valence-electron chi connectivity index (χ4n) is 0.716. The van der Waals surface area contributed by atoms with Crippen molar-refractivity contribution in [2.75, 3.05) is 19.5 Å². The summed E-state index contributed by atoms with van der Waals surface area (Å²) in [7, 11) is 0.116. The van der Waals surface area contributed by atoms with E-state index < -0.39 is 5.97 Å². The number of carbonyl (C=O) groups is 1. The van der Waals surface area contributed by atoms with Crippen molar-refractivity contribution in [1.29, 1.82) is 0 Å². The van der Waals surface area contributed by atoms with Gasteiger partial charge in [0.1, 0.15) is 0 Å². The summed E-state index contributed by atoms with van der Waals surface area (Å²) in [4.78, 5) is 10.3. The van der Waals surface area contributed by atoms with Crippen molar-refractivity contribution in [1.82, 2.24) is 0 Å². The van der Waals surface area contributed by atoms with Gasteiger partial charge in [-0.15, -0.1) is 7.92 Å². The number of carboxylic acid groups (broad SMARTS) is 1. The molecular weight excluding hydrogens is 159 g/mol. The van der Waals surface area contributed by atoms with E-state index >= 15 is 0 Å². The molecule has 0 radical (unpaired) electrons. The van der Waals surface area contributed by atoms with Crippen LogP contribution in [0.2, 0.25) is 0 Å². The molecule has 0 unspecified atom stereocenters. The number of hydrogen-bond donors (Lipinski definition) is 1. The number of carboxylic acids is 1. The Morgan fingerprint density at radius 3 is 2.45 bits per heavy atom. The topological polar surface area (TPSA) is 37.3 Å². The standard InChI is InChI=1S/C8H15O2P/c1-7(8(9)10)5-4-6-11(2)3/h1,4-6H2,2-3H3,(H,9,10). The third-order valence-corrected chi connectivity index (χ3v) is 2.60. The Kier molecular flexibility index (Phi) is 5.14. The average Bonchev–Trinajstić information content (AvgIpc) is 1.86. The van der Waals surface area contributed by atoms with E-state index in [0.29, 0.717) is 12.0 Å². The largest absolute Gasteiger partial charge is 0.478 e. The Labute approximate surface area is 69.1 Å². The highest BCUT2D eigenvalue weighted by atomic mass is 31.1. The summed E-state index contributed by atoms with van der Waals surface area (Å²) >= 11 is 0. The van der Waals surface area contributed by atoms with E-state index in [9.17, 15) is 4.79 Å². The van der Waals surface area contributed by atoms with Crippen LogP contribution in [-0.4, -0.2) is 30.6 Å². The number of rotatable bonds is 5. The van der Waals surface area contributed by atoms with Crippen LogP contribution >= 0.6 is 7.92 Å². The third-order valence-electron chi connectivity index (χ3n) is 1.39. The highest BCUT2D eigenvalue weighted by Gasteiger charge is 2.03. The maximum atomic E-state index is 10.3. The SMILES string of the molecule is C=C(CCCP(C)C)C(=O)O. The average molecular weight is 174 g/mol. The summed E-state index contributed by atoms with van der Waals surface area (Å²) in [6.45, 7) is 7.85. The van der Waals surface area contributed by atoms with Crippen molar-refractivity contribution in [3.05, 3.63) is 12.2 Å². The van der Waals surface area contributed by atoms with E-state index in [1.165, 1.54) is 0 Å². The van der Waals surface area contributed by atoms with E-state index in [4.69, 9.17) is 5.11 Å². The quantitative estimate of drug-likeness (QED) is 0.512. The van der Waals surface area contributed by atoms with Crippen LogP contribution in [0.4, 0.5) is 0 Å². The molecule has 0 aromatic heterocycles. The zero-order chi connectivity index (χ0) is 8.85. The minimum absolute atomic E-state index is 0.116. The van der Waals surface area contributed by atoms with Gasteiger partial charge in [0.25, 0.3) is 0 Å². The molecule has 0 aromatic rings. The van der Waals surface area contributed by atoms with Crippen LogP contribution in [-0.2, 0) is 4.79 Å². The second kappa shape index (κ2) is 5.31. The van der Waals surface area contributed by atoms with Crippen LogP contribution < -0.4 is 0 Å². The molecule has 64 valence electrons. The van der Waals surface area contributed by atoms with E-state index in [1.54, 1.807) is 0 Å². The minimum Gasteiger partial charge on any atom is -0.478 e. The molecular formula is C8H15O2P. The van der Waals surface area contributed by atoms with Crippen LogP contribution in [0.15, 0.2) is 12.2 Å². The lowest BCUT2D eigenvalue weighted by Gasteiger charge is -2.03. The molecule has 1 N–H and O–H groups in total. The zero-order valence-corrected chi connectivity index (χ0v) is 8.03. The molecule has 0 heterocycles. The van der Waals surface area contributed by atoms with Gasteiger partial charge in [0.15, 0.2) is 0 Å². The molecule has 0 spiro atoms. The summed E-state index contributed by atoms with van der Waals surface area (Å²) in [6, 6.07) is 0. The zero-order valence-electron chi connectivity index (χ0n) is 7.13. The maximum absolute atomic E-state index is 10.3. The maximum Gasteiger partial charge on any atom is 0.330 e. The predicted molar refractivity (Wildman–Crippen MR) is 49.6 cm³/mol. The molecule has 2 nitrogen and oxygen atoms in total. The van der Waals surface area contributed by atoms with Crippen LogP contribution in [0, 0.1) is 0 Å². The molecule has 0 saturated heterocycles. The fraction of sp³-hybridized carbons (Fsp3) is 0.625. The third kappa shape index (κ3) is 6.05. The van der Waals surface area contributed by atoms with Gasteiger partial charge in [-0.1, -0.05) is 6.58 Å². The monoisotopic (exact) mass is 174 g/mol. The highest BCUT2D eigenvalue weighted by molar-refractivity contribution is 7.55. The highest BCUT2D eigenvalue weighted by Crippen LogP contribution is 2.26. The normalized spacial score (nSPS) is 10.1. The van der Waals surface area contributed by atoms with Crippen molar-refractivity contribution in [2.24, 2.45) is 0 Å². The first kappa shape index (κ1) is 10.6. The van der Waals surface area contributed by atoms with E-state index in [1.807, 2.05) is 0 Å². The first-order valence-electron chi connectivity index (χ1n) is 3.60. The Morgan fingerprint density at radius 2 is 2.09 bits per heavy atom. The van der Waals surface area contributed by atoms with Gasteiger partial charge in [-0.05, 0) is 32.3 Å². The van der Waals surface area contributed by atoms with Gasteiger partial charge in [-0.25, -0.2) is 4.79 Å². The van der Waals surface area contributed by atoms with E-state index in [2.05, 4.69) is 19.9 Å². The molecule has 3 heteroatoms. The molecule has 0 aliphatic heterocycles. The summed E-state index contributed by atoms with van der Waals surface area (Å²) in [5.41, 5.74) is 0.335. The van der Waals surface area contributed by atoms with Gasteiger partial charge < -0.3 is 5.11 Å². The molecule has 0 aliphatic rings. The first-order valence-corrected chi connectivity index (χ1v) is 6.02. The second-order valence-electron chi connectivity index (χ2n) is 2.82. The van der Waals surface area contributed by atoms with Crippen LogP contribution in [0.25, 0.3) is 0 Å². The van der Waals surface area contributed by atoms with Crippen molar-refractivity contribution in [3.8, 4) is 0 Å². The van der Waals surface area contributed by atoms with Crippen molar-refractivity contribution >= 4 is 13.9 Å². The van der Waals surface area contributed by atoms with Gasteiger partial charge in [0.2, 0.25) is 0 Å². The van der Waals surface area contributed by atoms with E-state index in [-0.39, 0.29) is 7.92 Å². The number of hydrogen-bond acceptors (Lipinski definition) is 1. The summed E-state index contributed by atoms with van der Waals surface area (Å²) < 4.78 is 0. The lowest BCUT2D eigenvalue weighted by atomic mass is 10.2. The minimum atomic E-state index is -0.860. The first-order chi connectivity index (χ1) is 5.04. The Morgan fingerprint density at radius 1 is 1.55 bits per heavy atom. The van der Waals surface area contributed by atoms with Crippen LogP contribution in [0.1, 0.15) is 12.8 Å². The fourth-order valence-corrected chi connectivity index (χ4v) is 1.51. The Balaban J connectivity index is 3.40. The van der Waals surface area contributed by atoms with Gasteiger partial charge in [-0.2, -0.15) is 0 Å². The summed E-state index contributed by atoms with van der Waals surface area (Å²) in [5, 5.41) is 8.45. The molecule has 0 aromatic carbocycles. The molecule has 0 fully saturated rings. The molecule has 0 bridgehead atoms. The number of aliphatic carboxylic acids is 1. The lowest BCUT2D eigenvalue weighted by Crippen LogP contribution is -1.99. The smallest absolute Gasteiger partial charge is 0.330 e. The van der Waals surface area contributed by atoms with Gasteiger partial charge in [-0.3, -0.25) is 0 Å². The molecule has 0 aliphatic carbocycles. The van der Waals surface area contributed by atoms with Gasteiger partial charge >= 0.3 is 5.97 Å². The van der Waals surface area contributed by atoms with Crippen molar-refractivity contribution < 1.29 is 9.90 Å².